The van der Waals surface area contributed by atoms with Crippen LogP contribution in [0.25, 0.3) is 0 Å². The van der Waals surface area contributed by atoms with Crippen LogP contribution in [0.1, 0.15) is 0 Å². The normalized spacial score (nSPS) is 21.5. The maximum atomic E-state index is 12.8. The maximum absolute atomic E-state index is 12.8. The number of benzene rings is 4. The topological polar surface area (TPSA) is 336 Å². The lowest BCUT2D eigenvalue weighted by molar-refractivity contribution is -0.138. The van der Waals surface area contributed by atoms with Crippen molar-refractivity contribution < 1.29 is 66.8 Å². The number of carbonyl (C=O) groups excluding carboxylic acids is 8. The van der Waals surface area contributed by atoms with Gasteiger partial charge in [-0.1, -0.05) is 0 Å². The number of nitrogens with one attached hydrogen (secondary N) is 12. The molecule has 9 aliphatic heterocycles. The van der Waals surface area contributed by atoms with Gasteiger partial charge in [0.25, 0.3) is 23.6 Å². The summed E-state index contributed by atoms with van der Waals surface area (Å²) in [6.07, 6.45) is -5.96. The Morgan fingerprint density at radius 1 is 0.297 bits per heavy atom. The molecule has 9 heterocycles. The Morgan fingerprint density at radius 2 is 0.500 bits per heavy atom. The van der Waals surface area contributed by atoms with Crippen LogP contribution < -0.4 is 74.1 Å². The van der Waals surface area contributed by atoms with Gasteiger partial charge >= 0.3 is 24.1 Å². The molecular formula is C38H36N12O14. The minimum Gasteiger partial charge on any atom is -0.457 e. The Morgan fingerprint density at radius 3 is 0.703 bits per heavy atom. The fourth-order valence-corrected chi connectivity index (χ4v) is 5.68. The third-order valence-corrected chi connectivity index (χ3v) is 8.69. The molecule has 2 fully saturated rings. The van der Waals surface area contributed by atoms with Crippen LogP contribution in [-0.2, 0) is 38.1 Å². The van der Waals surface area contributed by atoms with Gasteiger partial charge in [0.05, 0.1) is 0 Å². The first-order chi connectivity index (χ1) is 30.9. The van der Waals surface area contributed by atoms with E-state index >= 15 is 0 Å². The van der Waals surface area contributed by atoms with Crippen molar-refractivity contribution in [2.45, 2.75) is 24.4 Å². The van der Waals surface area contributed by atoms with E-state index in [1.165, 1.54) is 48.5 Å². The van der Waals surface area contributed by atoms with Crippen molar-refractivity contribution in [3.63, 3.8) is 0 Å². The zero-order valence-corrected chi connectivity index (χ0v) is 32.7. The number of rotatable bonds is 0. The highest BCUT2D eigenvalue weighted by atomic mass is 16.7. The van der Waals surface area contributed by atoms with Crippen LogP contribution >= 0.6 is 0 Å². The lowest BCUT2D eigenvalue weighted by Crippen LogP contribution is -2.55. The summed E-state index contributed by atoms with van der Waals surface area (Å²) < 4.78 is 32.5. The molecule has 0 aliphatic carbocycles. The number of anilines is 4. The SMILES string of the molecule is O=C1NNC(=O)[C@@H]2OCO[C@H]2C(=O)NNC(=O)Nc2ccc(cc2)Oc2ccc(cc2)NC(=O)NNC(=O)[C@@H]2OCO[C@H]2C(=O)NNC(=O)Nc2ccc(cc2)Oc2ccc(cc2)N1. The van der Waals surface area contributed by atoms with E-state index in [0.29, 0.717) is 45.7 Å². The molecule has 64 heavy (non-hydrogen) atoms. The van der Waals surface area contributed by atoms with Crippen LogP contribution in [0.2, 0.25) is 0 Å². The largest absolute Gasteiger partial charge is 0.457 e. The zero-order chi connectivity index (χ0) is 45.0. The van der Waals surface area contributed by atoms with Gasteiger partial charge in [0.1, 0.15) is 36.6 Å². The van der Waals surface area contributed by atoms with Crippen molar-refractivity contribution >= 4 is 70.5 Å². The maximum Gasteiger partial charge on any atom is 0.337 e. The Labute approximate surface area is 359 Å². The first-order valence-electron chi connectivity index (χ1n) is 18.7. The molecule has 2 saturated heterocycles. The minimum absolute atomic E-state index is 0.311. The number of hydrogen-bond acceptors (Lipinski definition) is 14. The fraction of sp³-hybridized carbons (Fsp3) is 0.158. The zero-order valence-electron chi connectivity index (χ0n) is 32.7. The van der Waals surface area contributed by atoms with E-state index in [1.54, 1.807) is 48.5 Å². The molecule has 332 valence electrons. The molecule has 0 saturated carbocycles. The van der Waals surface area contributed by atoms with Crippen LogP contribution in [0.15, 0.2) is 97.1 Å². The number of hydrogen-bond donors (Lipinski definition) is 12. The first kappa shape index (κ1) is 43.4. The molecule has 0 radical (unpaired) electrons. The van der Waals surface area contributed by atoms with Gasteiger partial charge in [-0.25, -0.2) is 40.9 Å². The monoisotopic (exact) mass is 884 g/mol. The van der Waals surface area contributed by atoms with Gasteiger partial charge in [-0.15, -0.1) is 0 Å². The molecule has 26 heteroatoms. The van der Waals surface area contributed by atoms with Crippen molar-refractivity contribution in [2.24, 2.45) is 0 Å². The smallest absolute Gasteiger partial charge is 0.337 e. The second kappa shape index (κ2) is 20.2. The van der Waals surface area contributed by atoms with E-state index in [1.807, 2.05) is 0 Å². The van der Waals surface area contributed by atoms with Gasteiger partial charge < -0.3 is 49.7 Å². The van der Waals surface area contributed by atoms with Gasteiger partial charge in [-0.3, -0.25) is 40.9 Å². The number of amides is 12. The van der Waals surface area contributed by atoms with E-state index in [9.17, 15) is 38.4 Å². The summed E-state index contributed by atoms with van der Waals surface area (Å²) in [4.78, 5) is 101. The molecule has 13 rings (SSSR count). The van der Waals surface area contributed by atoms with Crippen LogP contribution in [-0.4, -0.2) is 85.8 Å². The number of hydrazine groups is 4. The fourth-order valence-electron chi connectivity index (χ4n) is 5.68. The highest BCUT2D eigenvalue weighted by molar-refractivity contribution is 5.97. The minimum atomic E-state index is -1.49. The molecule has 9 aliphatic rings. The predicted octanol–water partition coefficient (Wildman–Crippen LogP) is 1.08. The van der Waals surface area contributed by atoms with E-state index in [4.69, 9.17) is 28.4 Å². The molecule has 0 unspecified atom stereocenters. The van der Waals surface area contributed by atoms with E-state index in [-0.39, 0.29) is 0 Å². The Kier molecular flexibility index (Phi) is 13.7. The standard InChI is InChI=1S/C38H36N12O14/c51-31-27-28(60-17-59-27)32(52)44-49-37(57)41-21-5-13-25(14-6-21)64-26-15-7-22(8-16-26)42-38(58)50-46-34(54)30-29(61-18-62-30)33(53)45-48-36(56)40-20-3-11-24(12-4-20)63-23-9-1-19(2-10-23)39-35(55)47-43-31/h1-16,27-30H,17-18H2,(H,43,51)(H,44,52)(H,45,53)(H,46,54)(H2,39,47,55)(H2,40,48,56)(H2,41,49,57)(H2,42,50,58)/t27-,28-,29-,30-/m1/s1. The predicted molar refractivity (Wildman–Crippen MR) is 216 cm³/mol. The summed E-state index contributed by atoms with van der Waals surface area (Å²) in [5, 5.41) is 10.0. The van der Waals surface area contributed by atoms with E-state index in [2.05, 4.69) is 64.7 Å². The highest BCUT2D eigenvalue weighted by Gasteiger charge is 2.42. The quantitative estimate of drug-likeness (QED) is 0.118. The van der Waals surface area contributed by atoms with Crippen LogP contribution in [0.5, 0.6) is 23.0 Å². The third-order valence-electron chi connectivity index (χ3n) is 8.69. The van der Waals surface area contributed by atoms with Crippen molar-refractivity contribution in [1.29, 1.82) is 0 Å². The molecular weight excluding hydrogens is 848 g/mol. The molecule has 12 amide bonds. The van der Waals surface area contributed by atoms with Gasteiger partial charge in [-0.2, -0.15) is 0 Å². The Balaban J connectivity index is 0.977. The summed E-state index contributed by atoms with van der Waals surface area (Å²) in [6, 6.07) is 21.1. The average Bonchev–Trinajstić information content (AvgIpc) is 4.00. The van der Waals surface area contributed by atoms with Crippen molar-refractivity contribution in [3.05, 3.63) is 97.1 Å². The summed E-state index contributed by atoms with van der Waals surface area (Å²) in [5.74, 6) is -2.20. The van der Waals surface area contributed by atoms with Crippen LogP contribution in [0, 0.1) is 0 Å². The number of carbonyl (C=O) groups is 8. The number of ether oxygens (including phenoxy) is 6. The molecule has 0 aromatic heterocycles. The second-order valence-corrected chi connectivity index (χ2v) is 13.2. The van der Waals surface area contributed by atoms with E-state index < -0.39 is 85.8 Å². The summed E-state index contributed by atoms with van der Waals surface area (Å²) in [6.45, 7) is -0.855. The number of urea groups is 4. The van der Waals surface area contributed by atoms with Crippen LogP contribution in [0.3, 0.4) is 0 Å². The van der Waals surface area contributed by atoms with Gasteiger partial charge in [0.2, 0.25) is 0 Å². The lowest BCUT2D eigenvalue weighted by Gasteiger charge is -2.17. The van der Waals surface area contributed by atoms with Gasteiger partial charge in [0, 0.05) is 22.7 Å². The van der Waals surface area contributed by atoms with Crippen molar-refractivity contribution in [3.8, 4) is 23.0 Å². The van der Waals surface area contributed by atoms with Crippen LogP contribution in [0.4, 0.5) is 41.9 Å². The molecule has 4 aromatic carbocycles. The Bertz CT molecular complexity index is 2060. The molecule has 26 nitrogen and oxygen atoms in total. The van der Waals surface area contributed by atoms with Gasteiger partial charge in [0.15, 0.2) is 24.4 Å². The molecule has 4 atom stereocenters. The average molecular weight is 885 g/mol. The molecule has 4 aromatic rings. The summed E-state index contributed by atoms with van der Waals surface area (Å²) in [7, 11) is 0. The van der Waals surface area contributed by atoms with E-state index in [0.717, 1.165) is 0 Å². The summed E-state index contributed by atoms with van der Waals surface area (Å²) >= 11 is 0. The lowest BCUT2D eigenvalue weighted by atomic mass is 10.2. The summed E-state index contributed by atoms with van der Waals surface area (Å²) in [5.41, 5.74) is 18.4. The third kappa shape index (κ3) is 11.8. The van der Waals surface area contributed by atoms with Crippen molar-refractivity contribution in [2.75, 3.05) is 34.9 Å². The first-order valence-corrected chi connectivity index (χ1v) is 18.7. The molecule has 0 spiro atoms. The molecule has 12 N–H and O–H groups in total. The highest BCUT2D eigenvalue weighted by Crippen LogP contribution is 2.26. The Hall–Kier alpha value is -8.72. The molecule has 8 bridgehead atoms. The van der Waals surface area contributed by atoms with Crippen molar-refractivity contribution in [1.82, 2.24) is 43.4 Å². The second-order valence-electron chi connectivity index (χ2n) is 13.2. The van der Waals surface area contributed by atoms with Gasteiger partial charge in [-0.05, 0) is 97.1 Å².